The van der Waals surface area contributed by atoms with Crippen LogP contribution in [0.1, 0.15) is 35.6 Å². The van der Waals surface area contributed by atoms with Crippen molar-refractivity contribution in [3.05, 3.63) is 34.9 Å². The van der Waals surface area contributed by atoms with Crippen molar-refractivity contribution in [3.63, 3.8) is 0 Å². The minimum Gasteiger partial charge on any atom is -0.388 e. The Kier molecular flexibility index (Phi) is 3.67. The Morgan fingerprint density at radius 2 is 2.14 bits per heavy atom. The molecular weight excluding hydrogens is 174 g/mol. The quantitative estimate of drug-likeness (QED) is 0.794. The van der Waals surface area contributed by atoms with Gasteiger partial charge in [-0.2, -0.15) is 5.26 Å². The van der Waals surface area contributed by atoms with Crippen LogP contribution >= 0.6 is 0 Å². The lowest BCUT2D eigenvalue weighted by Gasteiger charge is -2.12. The van der Waals surface area contributed by atoms with Crippen molar-refractivity contribution in [2.45, 2.75) is 32.8 Å². The molecule has 0 aromatic heterocycles. The summed E-state index contributed by atoms with van der Waals surface area (Å²) >= 11 is 0. The molecule has 0 aliphatic carbocycles. The summed E-state index contributed by atoms with van der Waals surface area (Å²) in [5.74, 6) is 0. The van der Waals surface area contributed by atoms with Gasteiger partial charge in [-0.05, 0) is 31.4 Å². The number of hydrogen-bond acceptors (Lipinski definition) is 2. The largest absolute Gasteiger partial charge is 0.388 e. The molecule has 0 bridgehead atoms. The number of rotatable bonds is 3. The van der Waals surface area contributed by atoms with Crippen LogP contribution in [0.5, 0.6) is 0 Å². The molecule has 0 saturated heterocycles. The zero-order valence-electron chi connectivity index (χ0n) is 8.62. The summed E-state index contributed by atoms with van der Waals surface area (Å²) in [7, 11) is 0. The van der Waals surface area contributed by atoms with Crippen LogP contribution in [0.4, 0.5) is 0 Å². The Morgan fingerprint density at radius 3 is 2.79 bits per heavy atom. The summed E-state index contributed by atoms with van der Waals surface area (Å²) in [5.41, 5.74) is 3.17. The van der Waals surface area contributed by atoms with Crippen LogP contribution in [0, 0.1) is 25.2 Å². The van der Waals surface area contributed by atoms with Crippen LogP contribution in [0.3, 0.4) is 0 Å². The van der Waals surface area contributed by atoms with Gasteiger partial charge in [-0.1, -0.05) is 23.8 Å². The molecule has 1 aromatic rings. The lowest BCUT2D eigenvalue weighted by Crippen LogP contribution is -2.00. The van der Waals surface area contributed by atoms with Crippen LogP contribution in [0.15, 0.2) is 18.2 Å². The van der Waals surface area contributed by atoms with E-state index in [0.29, 0.717) is 12.8 Å². The van der Waals surface area contributed by atoms with Crippen molar-refractivity contribution in [3.8, 4) is 6.07 Å². The van der Waals surface area contributed by atoms with Gasteiger partial charge < -0.3 is 5.11 Å². The van der Waals surface area contributed by atoms with E-state index in [4.69, 9.17) is 5.26 Å². The average Bonchev–Trinajstić information content (AvgIpc) is 2.18. The van der Waals surface area contributed by atoms with Gasteiger partial charge in [-0.3, -0.25) is 0 Å². The molecule has 1 N–H and O–H groups in total. The Balaban J connectivity index is 2.83. The molecule has 2 nitrogen and oxygen atoms in total. The van der Waals surface area contributed by atoms with E-state index in [0.717, 1.165) is 16.7 Å². The molecule has 0 aliphatic rings. The fourth-order valence-corrected chi connectivity index (χ4v) is 1.48. The highest BCUT2D eigenvalue weighted by atomic mass is 16.3. The van der Waals surface area contributed by atoms with Crippen molar-refractivity contribution < 1.29 is 5.11 Å². The van der Waals surface area contributed by atoms with Gasteiger partial charge in [0.1, 0.15) is 0 Å². The molecule has 0 spiro atoms. The number of nitrogens with zero attached hydrogens (tertiary/aromatic N) is 1. The molecule has 1 unspecified atom stereocenters. The Hall–Kier alpha value is -1.33. The summed E-state index contributed by atoms with van der Waals surface area (Å²) in [6, 6.07) is 8.05. The minimum absolute atomic E-state index is 0.397. The highest BCUT2D eigenvalue weighted by molar-refractivity contribution is 5.32. The summed E-state index contributed by atoms with van der Waals surface area (Å²) in [6.45, 7) is 3.98. The minimum atomic E-state index is -0.505. The first-order chi connectivity index (χ1) is 6.65. The Morgan fingerprint density at radius 1 is 1.43 bits per heavy atom. The smallest absolute Gasteiger partial charge is 0.0802 e. The van der Waals surface area contributed by atoms with Gasteiger partial charge in [0.15, 0.2) is 0 Å². The average molecular weight is 189 g/mol. The van der Waals surface area contributed by atoms with Gasteiger partial charge in [0, 0.05) is 6.42 Å². The normalized spacial score (nSPS) is 12.1. The van der Waals surface area contributed by atoms with Crippen LogP contribution < -0.4 is 0 Å². The number of aliphatic hydroxyl groups excluding tert-OH is 1. The number of aryl methyl sites for hydroxylation is 2. The molecule has 0 amide bonds. The molecule has 1 atom stereocenters. The third-order valence-electron chi connectivity index (χ3n) is 2.32. The number of hydrogen-bond donors (Lipinski definition) is 1. The molecular formula is C12H15NO. The zero-order valence-corrected chi connectivity index (χ0v) is 8.62. The summed E-state index contributed by atoms with van der Waals surface area (Å²) < 4.78 is 0. The van der Waals surface area contributed by atoms with E-state index < -0.39 is 6.10 Å². The maximum Gasteiger partial charge on any atom is 0.0802 e. The van der Waals surface area contributed by atoms with E-state index in [2.05, 4.69) is 0 Å². The SMILES string of the molecule is Cc1ccc(C)c(C(O)CCC#N)c1. The highest BCUT2D eigenvalue weighted by Gasteiger charge is 2.09. The van der Waals surface area contributed by atoms with Gasteiger partial charge in [0.05, 0.1) is 12.2 Å². The third-order valence-corrected chi connectivity index (χ3v) is 2.32. The predicted molar refractivity (Wildman–Crippen MR) is 55.7 cm³/mol. The molecule has 0 fully saturated rings. The summed E-state index contributed by atoms with van der Waals surface area (Å²) in [6.07, 6.45) is 0.407. The van der Waals surface area contributed by atoms with Crippen molar-refractivity contribution in [2.24, 2.45) is 0 Å². The van der Waals surface area contributed by atoms with Crippen molar-refractivity contribution in [2.75, 3.05) is 0 Å². The fraction of sp³-hybridized carbons (Fsp3) is 0.417. The topological polar surface area (TPSA) is 44.0 Å². The maximum atomic E-state index is 9.81. The number of benzene rings is 1. The molecule has 1 aromatic carbocycles. The standard InChI is InChI=1S/C12H15NO/c1-9-5-6-10(2)11(8-9)12(14)4-3-7-13/h5-6,8,12,14H,3-4H2,1-2H3. The molecule has 14 heavy (non-hydrogen) atoms. The lowest BCUT2D eigenvalue weighted by atomic mass is 9.98. The van der Waals surface area contributed by atoms with Crippen molar-refractivity contribution in [1.82, 2.24) is 0 Å². The van der Waals surface area contributed by atoms with E-state index in [1.165, 1.54) is 0 Å². The number of nitriles is 1. The first-order valence-electron chi connectivity index (χ1n) is 4.77. The molecule has 0 aliphatic heterocycles. The molecule has 0 saturated carbocycles. The third kappa shape index (κ3) is 2.58. The lowest BCUT2D eigenvalue weighted by molar-refractivity contribution is 0.168. The second-order valence-corrected chi connectivity index (χ2v) is 3.57. The van der Waals surface area contributed by atoms with Crippen molar-refractivity contribution in [1.29, 1.82) is 5.26 Å². The van der Waals surface area contributed by atoms with Gasteiger partial charge in [0.2, 0.25) is 0 Å². The maximum absolute atomic E-state index is 9.81. The second-order valence-electron chi connectivity index (χ2n) is 3.57. The highest BCUT2D eigenvalue weighted by Crippen LogP contribution is 2.22. The first-order valence-corrected chi connectivity index (χ1v) is 4.77. The van der Waals surface area contributed by atoms with E-state index in [1.54, 1.807) is 0 Å². The summed E-state index contributed by atoms with van der Waals surface area (Å²) in [4.78, 5) is 0. The van der Waals surface area contributed by atoms with Crippen LogP contribution in [0.25, 0.3) is 0 Å². The number of aliphatic hydroxyl groups is 1. The second kappa shape index (κ2) is 4.78. The monoisotopic (exact) mass is 189 g/mol. The molecule has 74 valence electrons. The fourth-order valence-electron chi connectivity index (χ4n) is 1.48. The van der Waals surface area contributed by atoms with Gasteiger partial charge in [0.25, 0.3) is 0 Å². The van der Waals surface area contributed by atoms with Crippen molar-refractivity contribution >= 4 is 0 Å². The van der Waals surface area contributed by atoms with E-state index >= 15 is 0 Å². The molecule has 0 heterocycles. The Labute approximate surface area is 84.8 Å². The molecule has 2 heteroatoms. The molecule has 0 radical (unpaired) electrons. The van der Waals surface area contributed by atoms with E-state index in [9.17, 15) is 5.11 Å². The van der Waals surface area contributed by atoms with Crippen LogP contribution in [-0.4, -0.2) is 5.11 Å². The predicted octanol–water partition coefficient (Wildman–Crippen LogP) is 2.64. The van der Waals surface area contributed by atoms with Gasteiger partial charge in [-0.15, -0.1) is 0 Å². The van der Waals surface area contributed by atoms with Crippen LogP contribution in [0.2, 0.25) is 0 Å². The van der Waals surface area contributed by atoms with Gasteiger partial charge >= 0.3 is 0 Å². The van der Waals surface area contributed by atoms with E-state index in [-0.39, 0.29) is 0 Å². The molecule has 1 rings (SSSR count). The Bertz CT molecular complexity index is 352. The van der Waals surface area contributed by atoms with Crippen LogP contribution in [-0.2, 0) is 0 Å². The van der Waals surface area contributed by atoms with Gasteiger partial charge in [-0.25, -0.2) is 0 Å². The van der Waals surface area contributed by atoms with E-state index in [1.807, 2.05) is 38.1 Å². The first kappa shape index (κ1) is 10.7. The zero-order chi connectivity index (χ0) is 10.6. The summed E-state index contributed by atoms with van der Waals surface area (Å²) in [5, 5.41) is 18.2.